The van der Waals surface area contributed by atoms with Crippen molar-refractivity contribution in [1.82, 2.24) is 4.90 Å². The summed E-state index contributed by atoms with van der Waals surface area (Å²) < 4.78 is 5.38. The molecule has 1 atom stereocenters. The standard InChI is InChI=1S/C12H15ClN2O2/c13-9-1-3-11(4-2-9)17-8-12(16)15-6-5-10(14)7-15/h1-4,10H,5-8,14H2/t10-/m1/s1. The van der Waals surface area contributed by atoms with Crippen LogP contribution in [0.2, 0.25) is 5.02 Å². The van der Waals surface area contributed by atoms with Crippen LogP contribution in [0.1, 0.15) is 6.42 Å². The van der Waals surface area contributed by atoms with E-state index in [2.05, 4.69) is 0 Å². The lowest BCUT2D eigenvalue weighted by atomic mass is 10.3. The second-order valence-electron chi connectivity index (χ2n) is 4.13. The second-order valence-corrected chi connectivity index (χ2v) is 4.57. The third-order valence-corrected chi connectivity index (χ3v) is 3.01. The second kappa shape index (κ2) is 5.38. The Morgan fingerprint density at radius 3 is 2.76 bits per heavy atom. The number of hydrogen-bond acceptors (Lipinski definition) is 3. The number of halogens is 1. The molecule has 1 heterocycles. The van der Waals surface area contributed by atoms with Crippen LogP contribution >= 0.6 is 11.6 Å². The van der Waals surface area contributed by atoms with Gasteiger partial charge in [-0.1, -0.05) is 11.6 Å². The zero-order valence-electron chi connectivity index (χ0n) is 9.43. The van der Waals surface area contributed by atoms with Crippen molar-refractivity contribution in [3.8, 4) is 5.75 Å². The molecule has 92 valence electrons. The van der Waals surface area contributed by atoms with Gasteiger partial charge in [-0.25, -0.2) is 0 Å². The van der Waals surface area contributed by atoms with Gasteiger partial charge in [0.1, 0.15) is 5.75 Å². The van der Waals surface area contributed by atoms with Gasteiger partial charge in [-0.2, -0.15) is 0 Å². The Kier molecular flexibility index (Phi) is 3.86. The van der Waals surface area contributed by atoms with Crippen molar-refractivity contribution < 1.29 is 9.53 Å². The van der Waals surface area contributed by atoms with Crippen molar-refractivity contribution in [1.29, 1.82) is 0 Å². The first-order chi connectivity index (χ1) is 8.15. The van der Waals surface area contributed by atoms with Crippen molar-refractivity contribution >= 4 is 17.5 Å². The van der Waals surface area contributed by atoms with Gasteiger partial charge in [-0.05, 0) is 30.7 Å². The molecule has 2 rings (SSSR count). The number of hydrogen-bond donors (Lipinski definition) is 1. The molecule has 0 spiro atoms. The van der Waals surface area contributed by atoms with Crippen molar-refractivity contribution in [3.63, 3.8) is 0 Å². The fourth-order valence-electron chi connectivity index (χ4n) is 1.78. The van der Waals surface area contributed by atoms with Crippen LogP contribution < -0.4 is 10.5 Å². The van der Waals surface area contributed by atoms with Gasteiger partial charge in [0, 0.05) is 24.2 Å². The molecule has 17 heavy (non-hydrogen) atoms. The van der Waals surface area contributed by atoms with E-state index in [0.717, 1.165) is 13.0 Å². The summed E-state index contributed by atoms with van der Waals surface area (Å²) in [6.45, 7) is 1.40. The Balaban J connectivity index is 1.82. The number of nitrogens with zero attached hydrogens (tertiary/aromatic N) is 1. The first-order valence-electron chi connectivity index (χ1n) is 5.57. The Bertz CT molecular complexity index is 394. The highest BCUT2D eigenvalue weighted by Crippen LogP contribution is 2.16. The van der Waals surface area contributed by atoms with Crippen molar-refractivity contribution in [2.45, 2.75) is 12.5 Å². The molecular formula is C12H15ClN2O2. The Morgan fingerprint density at radius 2 is 2.18 bits per heavy atom. The summed E-state index contributed by atoms with van der Waals surface area (Å²) in [6, 6.07) is 7.05. The third kappa shape index (κ3) is 3.35. The van der Waals surface area contributed by atoms with Gasteiger partial charge in [0.2, 0.25) is 0 Å². The molecule has 1 aliphatic heterocycles. The van der Waals surface area contributed by atoms with Crippen LogP contribution in [0.15, 0.2) is 24.3 Å². The van der Waals surface area contributed by atoms with Crippen LogP contribution in [0.4, 0.5) is 0 Å². The molecule has 1 aromatic rings. The van der Waals surface area contributed by atoms with E-state index in [9.17, 15) is 4.79 Å². The summed E-state index contributed by atoms with van der Waals surface area (Å²) in [7, 11) is 0. The molecule has 1 fully saturated rings. The first-order valence-corrected chi connectivity index (χ1v) is 5.94. The lowest BCUT2D eigenvalue weighted by molar-refractivity contribution is -0.132. The van der Waals surface area contributed by atoms with E-state index < -0.39 is 0 Å². The highest BCUT2D eigenvalue weighted by atomic mass is 35.5. The van der Waals surface area contributed by atoms with Crippen LogP contribution in [0.25, 0.3) is 0 Å². The third-order valence-electron chi connectivity index (χ3n) is 2.75. The maximum atomic E-state index is 11.8. The molecule has 1 aliphatic rings. The molecule has 4 nitrogen and oxygen atoms in total. The molecule has 0 aliphatic carbocycles. The van der Waals surface area contributed by atoms with E-state index in [4.69, 9.17) is 22.1 Å². The molecule has 5 heteroatoms. The van der Waals surface area contributed by atoms with Crippen LogP contribution in [0, 0.1) is 0 Å². The summed E-state index contributed by atoms with van der Waals surface area (Å²) in [5, 5.41) is 0.647. The van der Waals surface area contributed by atoms with Crippen molar-refractivity contribution in [3.05, 3.63) is 29.3 Å². The van der Waals surface area contributed by atoms with E-state index in [-0.39, 0.29) is 18.6 Å². The van der Waals surface area contributed by atoms with Gasteiger partial charge in [-0.15, -0.1) is 0 Å². The lowest BCUT2D eigenvalue weighted by Crippen LogP contribution is -2.35. The predicted molar refractivity (Wildman–Crippen MR) is 66.1 cm³/mol. The largest absolute Gasteiger partial charge is 0.484 e. The Hall–Kier alpha value is -1.26. The van der Waals surface area contributed by atoms with Crippen LogP contribution in [0.5, 0.6) is 5.75 Å². The normalized spacial score (nSPS) is 19.4. The van der Waals surface area contributed by atoms with Crippen LogP contribution in [-0.2, 0) is 4.79 Å². The number of likely N-dealkylation sites (tertiary alicyclic amines) is 1. The molecule has 1 aromatic carbocycles. The van der Waals surface area contributed by atoms with E-state index in [0.29, 0.717) is 17.3 Å². The predicted octanol–water partition coefficient (Wildman–Crippen LogP) is 1.28. The minimum Gasteiger partial charge on any atom is -0.484 e. The van der Waals surface area contributed by atoms with Crippen molar-refractivity contribution in [2.24, 2.45) is 5.73 Å². The minimum absolute atomic E-state index is 0.0205. The maximum Gasteiger partial charge on any atom is 0.260 e. The molecule has 0 unspecified atom stereocenters. The molecule has 1 amide bonds. The van der Waals surface area contributed by atoms with Gasteiger partial charge >= 0.3 is 0 Å². The average Bonchev–Trinajstić information content (AvgIpc) is 2.75. The molecule has 0 aromatic heterocycles. The first kappa shape index (κ1) is 12.2. The Morgan fingerprint density at radius 1 is 1.47 bits per heavy atom. The fraction of sp³-hybridized carbons (Fsp3) is 0.417. The summed E-state index contributed by atoms with van der Waals surface area (Å²) in [6.07, 6.45) is 0.868. The fourth-order valence-corrected chi connectivity index (χ4v) is 1.91. The molecular weight excluding hydrogens is 240 g/mol. The van der Waals surface area contributed by atoms with Gasteiger partial charge in [0.05, 0.1) is 0 Å². The van der Waals surface area contributed by atoms with E-state index in [1.807, 2.05) is 0 Å². The minimum atomic E-state index is -0.0205. The van der Waals surface area contributed by atoms with Crippen molar-refractivity contribution in [2.75, 3.05) is 19.7 Å². The van der Waals surface area contributed by atoms with Crippen LogP contribution in [-0.4, -0.2) is 36.5 Å². The average molecular weight is 255 g/mol. The van der Waals surface area contributed by atoms with E-state index in [1.165, 1.54) is 0 Å². The summed E-state index contributed by atoms with van der Waals surface area (Å²) in [5.74, 6) is 0.624. The molecule has 0 bridgehead atoms. The van der Waals surface area contributed by atoms with Gasteiger partial charge in [0.15, 0.2) is 6.61 Å². The highest BCUT2D eigenvalue weighted by Gasteiger charge is 2.23. The topological polar surface area (TPSA) is 55.6 Å². The zero-order valence-corrected chi connectivity index (χ0v) is 10.2. The van der Waals surface area contributed by atoms with Crippen LogP contribution in [0.3, 0.4) is 0 Å². The summed E-state index contributed by atoms with van der Waals surface area (Å²) in [4.78, 5) is 13.5. The monoisotopic (exact) mass is 254 g/mol. The lowest BCUT2D eigenvalue weighted by Gasteiger charge is -2.16. The smallest absolute Gasteiger partial charge is 0.260 e. The Labute approximate surface area is 105 Å². The molecule has 0 radical (unpaired) electrons. The number of benzene rings is 1. The zero-order chi connectivity index (χ0) is 12.3. The molecule has 1 saturated heterocycles. The van der Waals surface area contributed by atoms with E-state index in [1.54, 1.807) is 29.2 Å². The van der Waals surface area contributed by atoms with Gasteiger partial charge < -0.3 is 15.4 Å². The quantitative estimate of drug-likeness (QED) is 0.884. The maximum absolute atomic E-state index is 11.8. The number of nitrogens with two attached hydrogens (primary N) is 1. The van der Waals surface area contributed by atoms with Gasteiger partial charge in [-0.3, -0.25) is 4.79 Å². The highest BCUT2D eigenvalue weighted by molar-refractivity contribution is 6.30. The number of rotatable bonds is 3. The van der Waals surface area contributed by atoms with Gasteiger partial charge in [0.25, 0.3) is 5.91 Å². The van der Waals surface area contributed by atoms with E-state index >= 15 is 0 Å². The number of amides is 1. The summed E-state index contributed by atoms with van der Waals surface area (Å²) >= 11 is 5.75. The SMILES string of the molecule is N[C@@H]1CCN(C(=O)COc2ccc(Cl)cc2)C1. The molecule has 0 saturated carbocycles. The number of carbonyl (C=O) groups excluding carboxylic acids is 1. The number of carbonyl (C=O) groups is 1. The molecule has 2 N–H and O–H groups in total. The summed E-state index contributed by atoms with van der Waals surface area (Å²) in [5.41, 5.74) is 5.74. The number of ether oxygens (including phenoxy) is 1.